The zero-order valence-electron chi connectivity index (χ0n) is 29.2. The number of rotatable bonds is 6. The third kappa shape index (κ3) is 10.3. The second kappa shape index (κ2) is 14.8. The predicted molar refractivity (Wildman–Crippen MR) is 203 cm³/mol. The molecule has 0 amide bonds. The van der Waals surface area contributed by atoms with Crippen molar-refractivity contribution in [2.24, 2.45) is 0 Å². The lowest BCUT2D eigenvalue weighted by molar-refractivity contribution is 0.208. The molecule has 1 fully saturated rings. The molecular weight excluding hydrogens is 607 g/mol. The zero-order valence-corrected chi connectivity index (χ0v) is 31.9. The van der Waals surface area contributed by atoms with Crippen LogP contribution in [0.25, 0.3) is 0 Å². The highest BCUT2D eigenvalue weighted by atomic mass is 32.1. The molecule has 1 aliphatic rings. The van der Waals surface area contributed by atoms with Crippen molar-refractivity contribution in [3.8, 4) is 0 Å². The van der Waals surface area contributed by atoms with E-state index in [1.54, 1.807) is 0 Å². The summed E-state index contributed by atoms with van der Waals surface area (Å²) in [6.07, 6.45) is 0. The summed E-state index contributed by atoms with van der Waals surface area (Å²) in [5.41, 5.74) is 8.24. The number of hydrogen-bond acceptors (Lipinski definition) is 6. The fraction of sp³-hybridized carbons (Fsp3) is 0.538. The number of hydrogen-bond donors (Lipinski definition) is 3. The molecule has 3 aromatic rings. The van der Waals surface area contributed by atoms with Crippen LogP contribution >= 0.6 is 37.9 Å². The first-order valence-electron chi connectivity index (χ1n) is 16.5. The molecule has 0 atom stereocenters. The first kappa shape index (κ1) is 36.4. The summed E-state index contributed by atoms with van der Waals surface area (Å²) in [5.74, 6) is 0. The zero-order chi connectivity index (χ0) is 33.2. The fourth-order valence-corrected chi connectivity index (χ4v) is 6.73. The molecule has 45 heavy (non-hydrogen) atoms. The van der Waals surface area contributed by atoms with Crippen molar-refractivity contribution >= 4 is 37.9 Å². The Morgan fingerprint density at radius 3 is 0.822 bits per heavy atom. The fourth-order valence-electron chi connectivity index (χ4n) is 5.87. The molecule has 0 N–H and O–H groups in total. The molecule has 0 aliphatic carbocycles. The summed E-state index contributed by atoms with van der Waals surface area (Å²) < 4.78 is 0. The Morgan fingerprint density at radius 2 is 0.644 bits per heavy atom. The molecule has 1 heterocycles. The van der Waals surface area contributed by atoms with Gasteiger partial charge < -0.3 is 0 Å². The Balaban J connectivity index is 1.56. The SMILES string of the molecule is CC(C)(C)c1ccc(CN2CCN(Cc3ccc(C(C)(C)C)cc3S)CCN(Cc3ccc(C(C)(C)C)cc3S)CC2)c(S)c1. The van der Waals surface area contributed by atoms with Crippen LogP contribution in [0.3, 0.4) is 0 Å². The maximum atomic E-state index is 4.95. The van der Waals surface area contributed by atoms with Gasteiger partial charge in [0.15, 0.2) is 0 Å². The highest BCUT2D eigenvalue weighted by molar-refractivity contribution is 7.80. The molecule has 1 saturated heterocycles. The van der Waals surface area contributed by atoms with E-state index in [1.165, 1.54) is 33.4 Å². The van der Waals surface area contributed by atoms with E-state index in [2.05, 4.69) is 132 Å². The minimum Gasteiger partial charge on any atom is -0.297 e. The molecular formula is C39H57N3S3. The van der Waals surface area contributed by atoms with Gasteiger partial charge in [-0.2, -0.15) is 0 Å². The standard InChI is InChI=1S/C39H57N3S3/c1-37(2,3)31-13-10-28(34(43)22-31)25-40-16-18-41(26-29-11-14-32(23-35(29)44)38(4,5)6)20-21-42(19-17-40)27-30-12-15-33(24-36(30)45)39(7,8)9/h10-15,22-24,43-45H,16-21,25-27H2,1-9H3. The first-order valence-corrected chi connectivity index (χ1v) is 17.9. The molecule has 0 spiro atoms. The van der Waals surface area contributed by atoms with Crippen molar-refractivity contribution in [2.75, 3.05) is 39.3 Å². The third-order valence-electron chi connectivity index (χ3n) is 9.23. The molecule has 3 aromatic carbocycles. The van der Waals surface area contributed by atoms with Crippen LogP contribution in [0.1, 0.15) is 95.7 Å². The normalized spacial score (nSPS) is 16.8. The highest BCUT2D eigenvalue weighted by Gasteiger charge is 2.22. The molecule has 246 valence electrons. The van der Waals surface area contributed by atoms with Crippen LogP contribution in [-0.2, 0) is 35.9 Å². The van der Waals surface area contributed by atoms with Gasteiger partial charge in [-0.1, -0.05) is 98.7 Å². The Labute approximate surface area is 291 Å². The second-order valence-corrected chi connectivity index (χ2v) is 17.6. The predicted octanol–water partition coefficient (Wildman–Crippen LogP) is 9.27. The summed E-state index contributed by atoms with van der Waals surface area (Å²) in [6.45, 7) is 29.2. The van der Waals surface area contributed by atoms with Crippen LogP contribution in [0.5, 0.6) is 0 Å². The highest BCUT2D eigenvalue weighted by Crippen LogP contribution is 2.30. The summed E-state index contributed by atoms with van der Waals surface area (Å²) >= 11 is 14.9. The lowest BCUT2D eigenvalue weighted by Crippen LogP contribution is -2.35. The molecule has 6 heteroatoms. The summed E-state index contributed by atoms with van der Waals surface area (Å²) in [7, 11) is 0. The van der Waals surface area contributed by atoms with Crippen LogP contribution < -0.4 is 0 Å². The number of thiol groups is 3. The quantitative estimate of drug-likeness (QED) is 0.227. The molecule has 0 unspecified atom stereocenters. The van der Waals surface area contributed by atoms with E-state index >= 15 is 0 Å². The lowest BCUT2D eigenvalue weighted by Gasteiger charge is -2.27. The monoisotopic (exact) mass is 663 g/mol. The van der Waals surface area contributed by atoms with Gasteiger partial charge in [0, 0.05) is 73.6 Å². The van der Waals surface area contributed by atoms with E-state index in [0.717, 1.165) is 73.6 Å². The van der Waals surface area contributed by atoms with E-state index in [1.807, 2.05) is 0 Å². The van der Waals surface area contributed by atoms with Crippen molar-refractivity contribution in [3.63, 3.8) is 0 Å². The molecule has 0 radical (unpaired) electrons. The second-order valence-electron chi connectivity index (χ2n) is 16.1. The van der Waals surface area contributed by atoms with E-state index < -0.39 is 0 Å². The smallest absolute Gasteiger partial charge is 0.0245 e. The van der Waals surface area contributed by atoms with E-state index in [0.29, 0.717) is 0 Å². The summed E-state index contributed by atoms with van der Waals surface area (Å²) in [6, 6.07) is 20.5. The van der Waals surface area contributed by atoms with Crippen LogP contribution in [0.15, 0.2) is 69.3 Å². The number of nitrogens with zero attached hydrogens (tertiary/aromatic N) is 3. The summed E-state index contributed by atoms with van der Waals surface area (Å²) in [5, 5.41) is 0. The average molecular weight is 664 g/mol. The van der Waals surface area contributed by atoms with E-state index in [4.69, 9.17) is 37.9 Å². The van der Waals surface area contributed by atoms with Gasteiger partial charge in [-0.3, -0.25) is 14.7 Å². The van der Waals surface area contributed by atoms with E-state index in [-0.39, 0.29) is 16.2 Å². The minimum absolute atomic E-state index is 0.114. The van der Waals surface area contributed by atoms with Gasteiger partial charge in [0.05, 0.1) is 0 Å². The number of benzene rings is 3. The van der Waals surface area contributed by atoms with Crippen LogP contribution in [0.4, 0.5) is 0 Å². The van der Waals surface area contributed by atoms with E-state index in [9.17, 15) is 0 Å². The molecule has 4 rings (SSSR count). The van der Waals surface area contributed by atoms with Gasteiger partial charge in [0.2, 0.25) is 0 Å². The average Bonchev–Trinajstić information content (AvgIpc) is 3.01. The van der Waals surface area contributed by atoms with Crippen molar-refractivity contribution in [1.82, 2.24) is 14.7 Å². The van der Waals surface area contributed by atoms with Gasteiger partial charge in [0.1, 0.15) is 0 Å². The van der Waals surface area contributed by atoms with Gasteiger partial charge in [-0.25, -0.2) is 0 Å². The Morgan fingerprint density at radius 1 is 0.422 bits per heavy atom. The lowest BCUT2D eigenvalue weighted by atomic mass is 9.86. The van der Waals surface area contributed by atoms with Crippen LogP contribution in [-0.4, -0.2) is 54.0 Å². The topological polar surface area (TPSA) is 9.72 Å². The molecule has 0 saturated carbocycles. The molecule has 0 bridgehead atoms. The van der Waals surface area contributed by atoms with Gasteiger partial charge in [0.25, 0.3) is 0 Å². The molecule has 0 aromatic heterocycles. The van der Waals surface area contributed by atoms with Crippen molar-refractivity contribution in [2.45, 2.75) is 113 Å². The van der Waals surface area contributed by atoms with Crippen molar-refractivity contribution < 1.29 is 0 Å². The van der Waals surface area contributed by atoms with Gasteiger partial charge in [-0.15, -0.1) is 37.9 Å². The minimum atomic E-state index is 0.114. The van der Waals surface area contributed by atoms with Gasteiger partial charge >= 0.3 is 0 Å². The maximum absolute atomic E-state index is 4.95. The van der Waals surface area contributed by atoms with Gasteiger partial charge in [-0.05, 0) is 67.8 Å². The van der Waals surface area contributed by atoms with Crippen LogP contribution in [0.2, 0.25) is 0 Å². The molecule has 1 aliphatic heterocycles. The third-order valence-corrected chi connectivity index (χ3v) is 10.5. The largest absolute Gasteiger partial charge is 0.297 e. The van der Waals surface area contributed by atoms with Crippen LogP contribution in [0, 0.1) is 0 Å². The first-order chi connectivity index (χ1) is 20.9. The Hall–Kier alpha value is -1.41. The molecule has 3 nitrogen and oxygen atoms in total. The van der Waals surface area contributed by atoms with Crippen molar-refractivity contribution in [3.05, 3.63) is 88.0 Å². The maximum Gasteiger partial charge on any atom is 0.0245 e. The summed E-state index contributed by atoms with van der Waals surface area (Å²) in [4.78, 5) is 11.1. The van der Waals surface area contributed by atoms with Crippen molar-refractivity contribution in [1.29, 1.82) is 0 Å². The Bertz CT molecular complexity index is 1260. The Kier molecular flexibility index (Phi) is 12.0.